The topological polar surface area (TPSA) is 47.8 Å². The number of carbonyl (C=O) groups excluding carboxylic acids is 2. The van der Waals surface area contributed by atoms with Crippen LogP contribution in [0.2, 0.25) is 0 Å². The largest absolute Gasteiger partial charge is 0.466 e. The third-order valence-corrected chi connectivity index (χ3v) is 4.50. The highest BCUT2D eigenvalue weighted by atomic mass is 32.1. The molecule has 3 aromatic heterocycles. The van der Waals surface area contributed by atoms with Gasteiger partial charge in [0.25, 0.3) is 0 Å². The van der Waals surface area contributed by atoms with Crippen molar-refractivity contribution >= 4 is 28.6 Å². The molecule has 0 aliphatic carbocycles. The number of ether oxygens (including phenoxy) is 1. The summed E-state index contributed by atoms with van der Waals surface area (Å²) in [6.07, 6.45) is 2.14. The average molecular weight is 327 g/mol. The Morgan fingerprint density at radius 1 is 1.17 bits per heavy atom. The number of nitrogens with zero attached hydrogens (tertiary/aromatic N) is 1. The molecule has 0 bridgehead atoms. The van der Waals surface area contributed by atoms with E-state index >= 15 is 0 Å². The number of Topliss-reactive ketones (excluding diaryl/α,β-unsaturated/α-hetero) is 1. The molecule has 0 atom stereocenters. The predicted octanol–water partition coefficient (Wildman–Crippen LogP) is 4.19. The number of rotatable bonds is 6. The van der Waals surface area contributed by atoms with Gasteiger partial charge in [0, 0.05) is 28.6 Å². The molecule has 0 amide bonds. The molecule has 0 saturated carbocycles. The van der Waals surface area contributed by atoms with Crippen molar-refractivity contribution in [2.75, 3.05) is 6.61 Å². The highest BCUT2D eigenvalue weighted by Gasteiger charge is 2.20. The van der Waals surface area contributed by atoms with Crippen molar-refractivity contribution in [1.82, 2.24) is 4.40 Å². The molecule has 0 unspecified atom stereocenters. The van der Waals surface area contributed by atoms with Gasteiger partial charge in [-0.25, -0.2) is 0 Å². The van der Waals surface area contributed by atoms with Crippen LogP contribution < -0.4 is 0 Å². The number of thiophene rings is 1. The fraction of sp³-hybridized carbons (Fsp3) is 0.222. The van der Waals surface area contributed by atoms with Crippen LogP contribution in [0.3, 0.4) is 0 Å². The number of esters is 1. The van der Waals surface area contributed by atoms with E-state index in [1.807, 2.05) is 52.4 Å². The molecule has 0 radical (unpaired) electrons. The molecular weight excluding hydrogens is 310 g/mol. The maximum atomic E-state index is 12.7. The maximum Gasteiger partial charge on any atom is 0.306 e. The fourth-order valence-electron chi connectivity index (χ4n) is 2.59. The van der Waals surface area contributed by atoms with Gasteiger partial charge in [-0.2, -0.15) is 0 Å². The number of ketones is 1. The Bertz CT molecular complexity index is 833. The van der Waals surface area contributed by atoms with Crippen LogP contribution >= 0.6 is 11.3 Å². The van der Waals surface area contributed by atoms with Gasteiger partial charge < -0.3 is 9.14 Å². The zero-order valence-corrected chi connectivity index (χ0v) is 13.6. The lowest BCUT2D eigenvalue weighted by atomic mass is 10.1. The number of carbonyl (C=O) groups is 2. The van der Waals surface area contributed by atoms with Crippen molar-refractivity contribution in [2.24, 2.45) is 0 Å². The van der Waals surface area contributed by atoms with Crippen LogP contribution in [0.1, 0.15) is 30.3 Å². The second kappa shape index (κ2) is 6.79. The molecule has 3 heterocycles. The quantitative estimate of drug-likeness (QED) is 0.504. The van der Waals surface area contributed by atoms with Crippen molar-refractivity contribution in [3.8, 4) is 10.4 Å². The summed E-state index contributed by atoms with van der Waals surface area (Å²) < 4.78 is 6.80. The molecule has 3 rings (SSSR count). The van der Waals surface area contributed by atoms with Crippen molar-refractivity contribution in [3.05, 3.63) is 53.7 Å². The summed E-state index contributed by atoms with van der Waals surface area (Å²) in [4.78, 5) is 25.3. The number of fused-ring (bicyclic) bond motifs is 1. The minimum atomic E-state index is -0.334. The zero-order chi connectivity index (χ0) is 16.2. The molecule has 0 aliphatic heterocycles. The van der Waals surface area contributed by atoms with E-state index in [4.69, 9.17) is 4.74 Å². The van der Waals surface area contributed by atoms with Crippen LogP contribution in [0.25, 0.3) is 16.0 Å². The summed E-state index contributed by atoms with van der Waals surface area (Å²) in [5.74, 6) is -0.382. The van der Waals surface area contributed by atoms with Crippen LogP contribution in [-0.4, -0.2) is 22.8 Å². The van der Waals surface area contributed by atoms with Crippen LogP contribution in [-0.2, 0) is 9.53 Å². The van der Waals surface area contributed by atoms with E-state index < -0.39 is 0 Å². The van der Waals surface area contributed by atoms with Crippen LogP contribution in [0.4, 0.5) is 0 Å². The SMILES string of the molecule is CCOC(=O)CCC(=O)c1c(-c2cccs2)cc2ccccn12. The van der Waals surface area contributed by atoms with Crippen LogP contribution in [0, 0.1) is 0 Å². The van der Waals surface area contributed by atoms with Crippen molar-refractivity contribution < 1.29 is 14.3 Å². The van der Waals surface area contributed by atoms with Crippen molar-refractivity contribution in [3.63, 3.8) is 0 Å². The van der Waals surface area contributed by atoms with Crippen molar-refractivity contribution in [2.45, 2.75) is 19.8 Å². The second-order valence-corrected chi connectivity index (χ2v) is 6.06. The molecule has 23 heavy (non-hydrogen) atoms. The average Bonchev–Trinajstić information content (AvgIpc) is 3.19. The highest BCUT2D eigenvalue weighted by Crippen LogP contribution is 2.32. The minimum Gasteiger partial charge on any atom is -0.466 e. The zero-order valence-electron chi connectivity index (χ0n) is 12.8. The van der Waals surface area contributed by atoms with Crippen molar-refractivity contribution in [1.29, 1.82) is 0 Å². The first-order chi connectivity index (χ1) is 11.2. The number of hydrogen-bond donors (Lipinski definition) is 0. The van der Waals surface area contributed by atoms with E-state index in [9.17, 15) is 9.59 Å². The third-order valence-electron chi connectivity index (χ3n) is 3.59. The van der Waals surface area contributed by atoms with Gasteiger partial charge in [0.2, 0.25) is 0 Å². The van der Waals surface area contributed by atoms with Gasteiger partial charge in [-0.05, 0) is 36.6 Å². The van der Waals surface area contributed by atoms with E-state index in [2.05, 4.69) is 0 Å². The Balaban J connectivity index is 1.96. The standard InChI is InChI=1S/C18H17NO3S/c1-2-22-17(21)9-8-15(20)18-14(16-7-5-11-23-16)12-13-6-3-4-10-19(13)18/h3-7,10-12H,2,8-9H2,1H3. The van der Waals surface area contributed by atoms with Gasteiger partial charge in [0.05, 0.1) is 18.7 Å². The summed E-state index contributed by atoms with van der Waals surface area (Å²) in [6, 6.07) is 11.8. The summed E-state index contributed by atoms with van der Waals surface area (Å²) in [5.41, 5.74) is 2.52. The van der Waals surface area contributed by atoms with Gasteiger partial charge in [-0.1, -0.05) is 12.1 Å². The molecule has 3 aromatic rings. The summed E-state index contributed by atoms with van der Waals surface area (Å²) in [6.45, 7) is 2.09. The highest BCUT2D eigenvalue weighted by molar-refractivity contribution is 7.13. The van der Waals surface area contributed by atoms with Gasteiger partial charge in [0.15, 0.2) is 5.78 Å². The Labute approximate surface area is 138 Å². The predicted molar refractivity (Wildman–Crippen MR) is 90.9 cm³/mol. The number of hydrogen-bond acceptors (Lipinski definition) is 4. The monoisotopic (exact) mass is 327 g/mol. The van der Waals surface area contributed by atoms with E-state index in [0.29, 0.717) is 12.3 Å². The molecule has 0 aliphatic rings. The van der Waals surface area contributed by atoms with E-state index in [1.165, 1.54) is 0 Å². The smallest absolute Gasteiger partial charge is 0.306 e. The lowest BCUT2D eigenvalue weighted by Crippen LogP contribution is -2.10. The molecule has 0 spiro atoms. The molecule has 0 aromatic carbocycles. The third kappa shape index (κ3) is 3.19. The lowest BCUT2D eigenvalue weighted by Gasteiger charge is -2.05. The summed E-state index contributed by atoms with van der Waals surface area (Å²) in [5, 5.41) is 1.99. The Morgan fingerprint density at radius 2 is 2.04 bits per heavy atom. The second-order valence-electron chi connectivity index (χ2n) is 5.11. The molecule has 5 heteroatoms. The lowest BCUT2D eigenvalue weighted by molar-refractivity contribution is -0.143. The van der Waals surface area contributed by atoms with E-state index in [0.717, 1.165) is 16.0 Å². The Kier molecular flexibility index (Phi) is 4.57. The molecular formula is C18H17NO3S. The molecule has 0 saturated heterocycles. The Hall–Kier alpha value is -2.40. The van der Waals surface area contributed by atoms with E-state index in [1.54, 1.807) is 18.3 Å². The molecule has 0 N–H and O–H groups in total. The molecule has 0 fully saturated rings. The van der Waals surface area contributed by atoms with Crippen LogP contribution in [0.5, 0.6) is 0 Å². The summed E-state index contributed by atoms with van der Waals surface area (Å²) in [7, 11) is 0. The number of aromatic nitrogens is 1. The number of pyridine rings is 1. The first-order valence-corrected chi connectivity index (χ1v) is 8.41. The Morgan fingerprint density at radius 3 is 2.78 bits per heavy atom. The molecule has 118 valence electrons. The maximum absolute atomic E-state index is 12.7. The molecule has 4 nitrogen and oxygen atoms in total. The van der Waals surface area contributed by atoms with Gasteiger partial charge >= 0.3 is 5.97 Å². The van der Waals surface area contributed by atoms with Gasteiger partial charge in [0.1, 0.15) is 0 Å². The normalized spacial score (nSPS) is 10.8. The summed E-state index contributed by atoms with van der Waals surface area (Å²) >= 11 is 1.60. The van der Waals surface area contributed by atoms with Gasteiger partial charge in [-0.3, -0.25) is 9.59 Å². The minimum absolute atomic E-state index is 0.0485. The first kappa shape index (κ1) is 15.5. The van der Waals surface area contributed by atoms with E-state index in [-0.39, 0.29) is 24.6 Å². The van der Waals surface area contributed by atoms with Gasteiger partial charge in [-0.15, -0.1) is 11.3 Å². The van der Waals surface area contributed by atoms with Crippen LogP contribution in [0.15, 0.2) is 48.0 Å². The first-order valence-electron chi connectivity index (χ1n) is 7.53. The fourth-order valence-corrected chi connectivity index (χ4v) is 3.34.